The number of hydrogen-bond acceptors (Lipinski definition) is 4. The molecule has 108 valence electrons. The highest BCUT2D eigenvalue weighted by Crippen LogP contribution is 2.27. The molecule has 1 aromatic heterocycles. The number of aromatic nitrogens is 1. The van der Waals surface area contributed by atoms with Crippen LogP contribution in [-0.4, -0.2) is 9.19 Å². The summed E-state index contributed by atoms with van der Waals surface area (Å²) in [6.07, 6.45) is 0. The number of nitrogen functional groups attached to an aromatic ring is 1. The predicted octanol–water partition coefficient (Wildman–Crippen LogP) is 3.80. The van der Waals surface area contributed by atoms with Gasteiger partial charge in [0.2, 0.25) is 0 Å². The minimum absolute atomic E-state index is 0.498. The van der Waals surface area contributed by atoms with Crippen molar-refractivity contribution in [1.29, 1.82) is 0 Å². The van der Waals surface area contributed by atoms with Crippen LogP contribution in [0, 0.1) is 13.8 Å². The maximum absolute atomic E-state index is 12.5. The highest BCUT2D eigenvalue weighted by atomic mass is 32.2. The first-order chi connectivity index (χ1) is 10.0. The van der Waals surface area contributed by atoms with Crippen molar-refractivity contribution in [2.75, 3.05) is 5.73 Å². The van der Waals surface area contributed by atoms with Crippen molar-refractivity contribution in [3.8, 4) is 0 Å². The second kappa shape index (κ2) is 5.58. The van der Waals surface area contributed by atoms with Gasteiger partial charge in [-0.2, -0.15) is 0 Å². The van der Waals surface area contributed by atoms with Crippen LogP contribution in [-0.2, 0) is 16.6 Å². The lowest BCUT2D eigenvalue weighted by Gasteiger charge is -2.03. The maximum Gasteiger partial charge on any atom is 0.182 e. The third-order valence-electron chi connectivity index (χ3n) is 3.17. The molecule has 5 heteroatoms. The van der Waals surface area contributed by atoms with Gasteiger partial charge in [0, 0.05) is 5.69 Å². The molecular formula is C16H16N2OS2. The van der Waals surface area contributed by atoms with Crippen LogP contribution in [0.25, 0.3) is 10.2 Å². The molecule has 1 heterocycles. The summed E-state index contributed by atoms with van der Waals surface area (Å²) in [6, 6.07) is 11.8. The molecule has 1 unspecified atom stereocenters. The second-order valence-electron chi connectivity index (χ2n) is 5.19. The van der Waals surface area contributed by atoms with Crippen LogP contribution < -0.4 is 5.73 Å². The molecule has 0 saturated heterocycles. The van der Waals surface area contributed by atoms with E-state index in [1.54, 1.807) is 0 Å². The molecule has 0 aliphatic carbocycles. The summed E-state index contributed by atoms with van der Waals surface area (Å²) in [6.45, 7) is 4.11. The second-order valence-corrected chi connectivity index (χ2v) is 7.85. The van der Waals surface area contributed by atoms with Gasteiger partial charge in [-0.15, -0.1) is 11.3 Å². The number of rotatable bonds is 3. The van der Waals surface area contributed by atoms with Gasteiger partial charge in [0.15, 0.2) is 4.34 Å². The van der Waals surface area contributed by atoms with Crippen LogP contribution >= 0.6 is 11.3 Å². The third-order valence-corrected chi connectivity index (χ3v) is 5.86. The minimum atomic E-state index is -1.12. The number of nitrogens with zero attached hydrogens (tertiary/aromatic N) is 1. The first-order valence-electron chi connectivity index (χ1n) is 6.63. The van der Waals surface area contributed by atoms with E-state index in [0.29, 0.717) is 15.8 Å². The summed E-state index contributed by atoms with van der Waals surface area (Å²) in [5, 5.41) is 0. The van der Waals surface area contributed by atoms with Crippen molar-refractivity contribution in [2.45, 2.75) is 23.9 Å². The van der Waals surface area contributed by atoms with Crippen molar-refractivity contribution < 1.29 is 4.21 Å². The van der Waals surface area contributed by atoms with Gasteiger partial charge < -0.3 is 5.73 Å². The Hall–Kier alpha value is -1.72. The fourth-order valence-electron chi connectivity index (χ4n) is 2.38. The van der Waals surface area contributed by atoms with Crippen molar-refractivity contribution >= 4 is 38.0 Å². The Morgan fingerprint density at radius 3 is 2.57 bits per heavy atom. The molecule has 3 aromatic rings. The van der Waals surface area contributed by atoms with Gasteiger partial charge in [0.05, 0.1) is 26.8 Å². The van der Waals surface area contributed by atoms with Gasteiger partial charge in [-0.1, -0.05) is 29.3 Å². The van der Waals surface area contributed by atoms with E-state index in [0.717, 1.165) is 15.8 Å². The Bertz CT molecular complexity index is 819. The molecule has 3 rings (SSSR count). The first-order valence-corrected chi connectivity index (χ1v) is 8.76. The molecule has 0 aliphatic heterocycles. The van der Waals surface area contributed by atoms with Gasteiger partial charge in [-0.3, -0.25) is 4.21 Å². The number of nitrogens with two attached hydrogens (primary N) is 1. The molecule has 0 spiro atoms. The van der Waals surface area contributed by atoms with E-state index in [9.17, 15) is 4.21 Å². The lowest BCUT2D eigenvalue weighted by Crippen LogP contribution is -1.97. The Kier molecular flexibility index (Phi) is 3.78. The predicted molar refractivity (Wildman–Crippen MR) is 90.1 cm³/mol. The Morgan fingerprint density at radius 1 is 1.14 bits per heavy atom. The van der Waals surface area contributed by atoms with E-state index in [2.05, 4.69) is 37.0 Å². The third kappa shape index (κ3) is 3.14. The van der Waals surface area contributed by atoms with Crippen molar-refractivity contribution in [2.24, 2.45) is 0 Å². The Morgan fingerprint density at radius 2 is 1.86 bits per heavy atom. The topological polar surface area (TPSA) is 56.0 Å². The molecule has 0 fully saturated rings. The van der Waals surface area contributed by atoms with E-state index >= 15 is 0 Å². The summed E-state index contributed by atoms with van der Waals surface area (Å²) in [7, 11) is -1.12. The minimum Gasteiger partial charge on any atom is -0.399 e. The highest BCUT2D eigenvalue weighted by molar-refractivity contribution is 7.86. The van der Waals surface area contributed by atoms with Gasteiger partial charge in [-0.25, -0.2) is 4.98 Å². The lowest BCUT2D eigenvalue weighted by atomic mass is 10.1. The van der Waals surface area contributed by atoms with Crippen LogP contribution in [0.3, 0.4) is 0 Å². The first kappa shape index (κ1) is 14.2. The fourth-order valence-corrected chi connectivity index (χ4v) is 4.74. The smallest absolute Gasteiger partial charge is 0.182 e. The molecule has 0 aliphatic rings. The average Bonchev–Trinajstić information content (AvgIpc) is 2.80. The monoisotopic (exact) mass is 316 g/mol. The fraction of sp³-hybridized carbons (Fsp3) is 0.188. The molecule has 2 N–H and O–H groups in total. The number of thiazole rings is 1. The molecule has 2 aromatic carbocycles. The zero-order chi connectivity index (χ0) is 15.0. The highest BCUT2D eigenvalue weighted by Gasteiger charge is 2.12. The van der Waals surface area contributed by atoms with E-state index in [-0.39, 0.29) is 0 Å². The van der Waals surface area contributed by atoms with E-state index in [1.165, 1.54) is 22.5 Å². The van der Waals surface area contributed by atoms with Gasteiger partial charge in [-0.05, 0) is 37.6 Å². The molecule has 21 heavy (non-hydrogen) atoms. The number of fused-ring (bicyclic) bond motifs is 1. The maximum atomic E-state index is 12.5. The van der Waals surface area contributed by atoms with Gasteiger partial charge in [0.25, 0.3) is 0 Å². The number of hydrogen-bond donors (Lipinski definition) is 1. The molecule has 3 nitrogen and oxygen atoms in total. The zero-order valence-electron chi connectivity index (χ0n) is 11.9. The molecule has 1 atom stereocenters. The van der Waals surface area contributed by atoms with E-state index < -0.39 is 10.8 Å². The van der Waals surface area contributed by atoms with Crippen LogP contribution in [0.5, 0.6) is 0 Å². The summed E-state index contributed by atoms with van der Waals surface area (Å²) < 4.78 is 14.2. The standard InChI is InChI=1S/C16H16N2OS2/c1-10-5-11(2)7-12(6-10)9-21(19)16-18-14-4-3-13(17)8-15(14)20-16/h3-8H,9,17H2,1-2H3. The average molecular weight is 316 g/mol. The van der Waals surface area contributed by atoms with Crippen LogP contribution in [0.1, 0.15) is 16.7 Å². The summed E-state index contributed by atoms with van der Waals surface area (Å²) in [4.78, 5) is 4.46. The molecule has 0 radical (unpaired) electrons. The van der Waals surface area contributed by atoms with E-state index in [4.69, 9.17) is 5.73 Å². The number of anilines is 1. The lowest BCUT2D eigenvalue weighted by molar-refractivity contribution is 0.682. The zero-order valence-corrected chi connectivity index (χ0v) is 13.6. The van der Waals surface area contributed by atoms with Crippen molar-refractivity contribution in [3.63, 3.8) is 0 Å². The largest absolute Gasteiger partial charge is 0.399 e. The summed E-state index contributed by atoms with van der Waals surface area (Å²) in [5.41, 5.74) is 10.8. The molecule has 0 amide bonds. The summed E-state index contributed by atoms with van der Waals surface area (Å²) >= 11 is 1.46. The van der Waals surface area contributed by atoms with Crippen molar-refractivity contribution in [1.82, 2.24) is 4.98 Å². The SMILES string of the molecule is Cc1cc(C)cc(CS(=O)c2nc3ccc(N)cc3s2)c1. The van der Waals surface area contributed by atoms with Crippen LogP contribution in [0.15, 0.2) is 40.7 Å². The Balaban J connectivity index is 1.89. The van der Waals surface area contributed by atoms with Crippen molar-refractivity contribution in [3.05, 3.63) is 53.1 Å². The number of aryl methyl sites for hydroxylation is 2. The normalized spacial score (nSPS) is 12.7. The quantitative estimate of drug-likeness (QED) is 0.748. The molecular weight excluding hydrogens is 300 g/mol. The van der Waals surface area contributed by atoms with Gasteiger partial charge in [0.1, 0.15) is 0 Å². The van der Waals surface area contributed by atoms with E-state index in [1.807, 2.05) is 18.2 Å². The summed E-state index contributed by atoms with van der Waals surface area (Å²) in [5.74, 6) is 0.498. The molecule has 0 bridgehead atoms. The number of benzene rings is 2. The molecule has 0 saturated carbocycles. The van der Waals surface area contributed by atoms with Gasteiger partial charge >= 0.3 is 0 Å². The van der Waals surface area contributed by atoms with Crippen LogP contribution in [0.4, 0.5) is 5.69 Å². The Labute approximate surface area is 130 Å². The van der Waals surface area contributed by atoms with Crippen LogP contribution in [0.2, 0.25) is 0 Å².